The Labute approximate surface area is 132 Å². The molecular formula is C14H26S4. The first kappa shape index (κ1) is 18.9. The SMILES string of the molecule is C=C(SSC(=C)C(S)C(C)CC)C(S)C(C)CC. The van der Waals surface area contributed by atoms with Crippen LogP contribution in [0.4, 0.5) is 0 Å². The topological polar surface area (TPSA) is 0 Å². The maximum absolute atomic E-state index is 4.63. The first-order valence-corrected chi connectivity index (χ1v) is 9.61. The van der Waals surface area contributed by atoms with Gasteiger partial charge in [-0.2, -0.15) is 25.3 Å². The third-order valence-electron chi connectivity index (χ3n) is 3.28. The average molecular weight is 323 g/mol. The summed E-state index contributed by atoms with van der Waals surface area (Å²) in [5, 5.41) is 0.504. The van der Waals surface area contributed by atoms with Gasteiger partial charge in [0.15, 0.2) is 0 Å². The van der Waals surface area contributed by atoms with E-state index in [1.54, 1.807) is 21.6 Å². The van der Waals surface area contributed by atoms with Gasteiger partial charge in [0.25, 0.3) is 0 Å². The van der Waals surface area contributed by atoms with E-state index < -0.39 is 0 Å². The molecule has 0 aliphatic rings. The van der Waals surface area contributed by atoms with Crippen molar-refractivity contribution in [2.24, 2.45) is 11.8 Å². The van der Waals surface area contributed by atoms with Crippen molar-refractivity contribution >= 4 is 46.8 Å². The van der Waals surface area contributed by atoms with E-state index in [0.717, 1.165) is 22.7 Å². The van der Waals surface area contributed by atoms with Gasteiger partial charge >= 0.3 is 0 Å². The van der Waals surface area contributed by atoms with Crippen molar-refractivity contribution in [1.82, 2.24) is 0 Å². The fraction of sp³-hybridized carbons (Fsp3) is 0.714. The van der Waals surface area contributed by atoms with E-state index in [4.69, 9.17) is 0 Å². The first-order chi connectivity index (χ1) is 8.34. The minimum Gasteiger partial charge on any atom is -0.170 e. The monoisotopic (exact) mass is 322 g/mol. The number of hydrogen-bond acceptors (Lipinski definition) is 4. The highest BCUT2D eigenvalue weighted by molar-refractivity contribution is 8.79. The van der Waals surface area contributed by atoms with Crippen molar-refractivity contribution in [1.29, 1.82) is 0 Å². The van der Waals surface area contributed by atoms with Gasteiger partial charge in [-0.05, 0) is 11.8 Å². The van der Waals surface area contributed by atoms with Crippen LogP contribution in [0.2, 0.25) is 0 Å². The zero-order valence-corrected chi connectivity index (χ0v) is 15.3. The second-order valence-corrected chi connectivity index (χ2v) is 8.25. The second kappa shape index (κ2) is 9.73. The molecule has 0 aromatic rings. The Bertz CT molecular complexity index is 247. The molecule has 0 N–H and O–H groups in total. The number of thiol groups is 2. The van der Waals surface area contributed by atoms with Crippen LogP contribution in [0.1, 0.15) is 40.5 Å². The molecule has 4 unspecified atom stereocenters. The minimum atomic E-state index is 0.252. The zero-order chi connectivity index (χ0) is 14.3. The molecule has 0 radical (unpaired) electrons. The fourth-order valence-electron chi connectivity index (χ4n) is 1.29. The van der Waals surface area contributed by atoms with Crippen molar-refractivity contribution in [3.05, 3.63) is 23.0 Å². The zero-order valence-electron chi connectivity index (χ0n) is 11.8. The van der Waals surface area contributed by atoms with Gasteiger partial charge in [0, 0.05) is 20.3 Å². The molecule has 0 spiro atoms. The van der Waals surface area contributed by atoms with Crippen molar-refractivity contribution in [2.75, 3.05) is 0 Å². The van der Waals surface area contributed by atoms with E-state index in [1.165, 1.54) is 0 Å². The molecule has 0 saturated carbocycles. The fourth-order valence-corrected chi connectivity index (χ4v) is 4.59. The normalized spacial score (nSPS) is 17.9. The van der Waals surface area contributed by atoms with Crippen LogP contribution in [0.5, 0.6) is 0 Å². The summed E-state index contributed by atoms with van der Waals surface area (Å²) < 4.78 is 0. The molecular weight excluding hydrogens is 296 g/mol. The molecule has 0 aromatic carbocycles. The van der Waals surface area contributed by atoms with Gasteiger partial charge in [0.05, 0.1) is 0 Å². The molecule has 0 fully saturated rings. The summed E-state index contributed by atoms with van der Waals surface area (Å²) in [6.07, 6.45) is 2.25. The molecule has 0 aliphatic carbocycles. The summed E-state index contributed by atoms with van der Waals surface area (Å²) in [6, 6.07) is 0. The molecule has 0 amide bonds. The van der Waals surface area contributed by atoms with Crippen LogP contribution in [0, 0.1) is 11.8 Å². The van der Waals surface area contributed by atoms with Gasteiger partial charge in [0.1, 0.15) is 0 Å². The molecule has 106 valence electrons. The predicted octanol–water partition coefficient (Wildman–Crippen LogP) is 6.08. The van der Waals surface area contributed by atoms with Crippen LogP contribution in [0.15, 0.2) is 23.0 Å². The van der Waals surface area contributed by atoms with E-state index in [9.17, 15) is 0 Å². The lowest BCUT2D eigenvalue weighted by Gasteiger charge is -2.22. The molecule has 0 saturated heterocycles. The van der Waals surface area contributed by atoms with Crippen LogP contribution in [0.25, 0.3) is 0 Å². The van der Waals surface area contributed by atoms with E-state index in [2.05, 4.69) is 66.1 Å². The van der Waals surface area contributed by atoms with Gasteiger partial charge in [-0.3, -0.25) is 0 Å². The summed E-state index contributed by atoms with van der Waals surface area (Å²) in [5.41, 5.74) is 0. The third-order valence-corrected chi connectivity index (χ3v) is 7.83. The Kier molecular flexibility index (Phi) is 10.2. The van der Waals surface area contributed by atoms with Gasteiger partial charge < -0.3 is 0 Å². The van der Waals surface area contributed by atoms with E-state index >= 15 is 0 Å². The Morgan fingerprint density at radius 1 is 0.889 bits per heavy atom. The van der Waals surface area contributed by atoms with Crippen molar-refractivity contribution in [3.63, 3.8) is 0 Å². The molecule has 0 aromatic heterocycles. The van der Waals surface area contributed by atoms with Gasteiger partial charge in [-0.25, -0.2) is 0 Å². The molecule has 0 rings (SSSR count). The van der Waals surface area contributed by atoms with Crippen molar-refractivity contribution < 1.29 is 0 Å². The standard InChI is InChI=1S/C14H26S4/c1-7-9(3)13(15)11(5)17-18-12(6)14(16)10(4)8-2/h9-10,13-16H,5-8H2,1-4H3. The lowest BCUT2D eigenvalue weighted by Crippen LogP contribution is -2.12. The Hall–Kier alpha value is 0.880. The van der Waals surface area contributed by atoms with Crippen LogP contribution >= 0.6 is 46.8 Å². The van der Waals surface area contributed by atoms with E-state index in [0.29, 0.717) is 11.8 Å². The van der Waals surface area contributed by atoms with Crippen LogP contribution in [0.3, 0.4) is 0 Å². The number of hydrogen-bond donors (Lipinski definition) is 2. The maximum Gasteiger partial charge on any atom is 0.0355 e. The molecule has 0 bridgehead atoms. The summed E-state index contributed by atoms with van der Waals surface area (Å²) in [7, 11) is 3.38. The highest BCUT2D eigenvalue weighted by Gasteiger charge is 2.19. The Balaban J connectivity index is 4.17. The van der Waals surface area contributed by atoms with Gasteiger partial charge in [-0.1, -0.05) is 75.3 Å². The van der Waals surface area contributed by atoms with E-state index in [-0.39, 0.29) is 10.5 Å². The number of rotatable bonds is 9. The average Bonchev–Trinajstić information content (AvgIpc) is 2.40. The largest absolute Gasteiger partial charge is 0.170 e. The molecule has 4 atom stereocenters. The predicted molar refractivity (Wildman–Crippen MR) is 97.9 cm³/mol. The van der Waals surface area contributed by atoms with Gasteiger partial charge in [-0.15, -0.1) is 0 Å². The van der Waals surface area contributed by atoms with E-state index in [1.807, 2.05) is 0 Å². The van der Waals surface area contributed by atoms with Crippen LogP contribution in [-0.2, 0) is 0 Å². The molecule has 18 heavy (non-hydrogen) atoms. The summed E-state index contributed by atoms with van der Waals surface area (Å²) in [4.78, 5) is 2.23. The van der Waals surface area contributed by atoms with Crippen molar-refractivity contribution in [3.8, 4) is 0 Å². The molecule has 0 nitrogen and oxygen atoms in total. The van der Waals surface area contributed by atoms with Crippen LogP contribution < -0.4 is 0 Å². The van der Waals surface area contributed by atoms with Crippen molar-refractivity contribution in [2.45, 2.75) is 51.0 Å². The lowest BCUT2D eigenvalue weighted by atomic mass is 10.1. The first-order valence-electron chi connectivity index (χ1n) is 6.43. The molecule has 4 heteroatoms. The minimum absolute atomic E-state index is 0.252. The molecule has 0 heterocycles. The summed E-state index contributed by atoms with van der Waals surface area (Å²) >= 11 is 9.26. The Morgan fingerprint density at radius 2 is 1.17 bits per heavy atom. The smallest absolute Gasteiger partial charge is 0.0355 e. The Morgan fingerprint density at radius 3 is 1.39 bits per heavy atom. The second-order valence-electron chi connectivity index (χ2n) is 4.76. The summed E-state index contributed by atoms with van der Waals surface area (Å²) in [6.45, 7) is 17.0. The highest BCUT2D eigenvalue weighted by atomic mass is 33.1. The van der Waals surface area contributed by atoms with Crippen LogP contribution in [-0.4, -0.2) is 10.5 Å². The maximum atomic E-state index is 4.63. The summed E-state index contributed by atoms with van der Waals surface area (Å²) in [5.74, 6) is 1.12. The lowest BCUT2D eigenvalue weighted by molar-refractivity contribution is 0.583. The highest BCUT2D eigenvalue weighted by Crippen LogP contribution is 2.43. The van der Waals surface area contributed by atoms with Gasteiger partial charge in [0.2, 0.25) is 0 Å². The quantitative estimate of drug-likeness (QED) is 0.390. The molecule has 0 aliphatic heterocycles. The third kappa shape index (κ3) is 6.36.